The van der Waals surface area contributed by atoms with Crippen LogP contribution in [0.2, 0.25) is 0 Å². The van der Waals surface area contributed by atoms with Crippen LogP contribution >= 0.6 is 0 Å². The van der Waals surface area contributed by atoms with Gasteiger partial charge in [0.2, 0.25) is 0 Å². The summed E-state index contributed by atoms with van der Waals surface area (Å²) in [6.45, 7) is 0.728. The summed E-state index contributed by atoms with van der Waals surface area (Å²) < 4.78 is 101. The molecule has 0 aliphatic heterocycles. The summed E-state index contributed by atoms with van der Waals surface area (Å²) in [5.41, 5.74) is -0.780. The minimum atomic E-state index is -4.90. The predicted molar refractivity (Wildman–Crippen MR) is 157 cm³/mol. The number of alkyl halides is 6. The number of aromatic nitrogens is 3. The first-order valence-corrected chi connectivity index (χ1v) is 14.7. The Bertz CT molecular complexity index is 1760. The van der Waals surface area contributed by atoms with E-state index in [-0.39, 0.29) is 59.0 Å². The standard InChI is InChI=1S/C32H29F7N4O4/c33-25-16-22(46-15-3-1-2-13-31(34,35)36)10-11-23(25)27-17-24(26-12-14-43(42-26)18-19-4-5-19)28(30(45)41-27)29(44)40-20-6-8-21(9-7-20)47-32(37,38)39/h6-12,14,16-17,19H,1-5,13,15,18H2,(H,40,44)(H,41,45). The number of pyridine rings is 1. The van der Waals surface area contributed by atoms with Crippen molar-refractivity contribution in [3.63, 3.8) is 0 Å². The Balaban J connectivity index is 1.38. The zero-order chi connectivity index (χ0) is 33.8. The Morgan fingerprint density at radius 3 is 2.32 bits per heavy atom. The summed E-state index contributed by atoms with van der Waals surface area (Å²) in [6, 6.07) is 11.3. The number of nitrogens with one attached hydrogen (secondary N) is 2. The molecule has 5 rings (SSSR count). The molecule has 0 radical (unpaired) electrons. The lowest BCUT2D eigenvalue weighted by atomic mass is 10.0. The van der Waals surface area contributed by atoms with Gasteiger partial charge in [-0.15, -0.1) is 13.2 Å². The maximum atomic E-state index is 15.3. The molecule has 47 heavy (non-hydrogen) atoms. The SMILES string of the molecule is O=C(Nc1ccc(OC(F)(F)F)cc1)c1c(-c2ccn(CC3CC3)n2)cc(-c2ccc(OCCCCCC(F)(F)F)cc2F)[nH]c1=O. The number of unbranched alkanes of at least 4 members (excludes halogenated alkanes) is 2. The van der Waals surface area contributed by atoms with Gasteiger partial charge in [-0.25, -0.2) is 4.39 Å². The lowest BCUT2D eigenvalue weighted by Gasteiger charge is -2.13. The monoisotopic (exact) mass is 666 g/mol. The van der Waals surface area contributed by atoms with Crippen molar-refractivity contribution in [2.24, 2.45) is 5.92 Å². The molecule has 1 amide bonds. The number of rotatable bonds is 13. The van der Waals surface area contributed by atoms with Gasteiger partial charge in [0.1, 0.15) is 22.9 Å². The first-order valence-electron chi connectivity index (χ1n) is 14.7. The summed E-state index contributed by atoms with van der Waals surface area (Å²) in [4.78, 5) is 29.3. The van der Waals surface area contributed by atoms with Gasteiger partial charge in [-0.1, -0.05) is 0 Å². The normalized spacial score (nSPS) is 13.4. The highest BCUT2D eigenvalue weighted by atomic mass is 19.4. The molecule has 2 N–H and O–H groups in total. The lowest BCUT2D eigenvalue weighted by Crippen LogP contribution is -2.25. The number of halogens is 7. The van der Waals surface area contributed by atoms with E-state index < -0.39 is 42.0 Å². The Morgan fingerprint density at radius 2 is 1.66 bits per heavy atom. The van der Waals surface area contributed by atoms with E-state index in [2.05, 4.69) is 20.1 Å². The molecule has 4 aromatic rings. The van der Waals surface area contributed by atoms with Crippen LogP contribution in [-0.4, -0.2) is 39.8 Å². The van der Waals surface area contributed by atoms with Crippen LogP contribution in [0.25, 0.3) is 22.5 Å². The van der Waals surface area contributed by atoms with Crippen molar-refractivity contribution in [1.82, 2.24) is 14.8 Å². The van der Waals surface area contributed by atoms with E-state index in [1.807, 2.05) is 0 Å². The van der Waals surface area contributed by atoms with Crippen LogP contribution in [0, 0.1) is 11.7 Å². The highest BCUT2D eigenvalue weighted by Crippen LogP contribution is 2.33. The van der Waals surface area contributed by atoms with E-state index >= 15 is 4.39 Å². The fourth-order valence-corrected chi connectivity index (χ4v) is 4.84. The minimum absolute atomic E-state index is 0.0227. The van der Waals surface area contributed by atoms with E-state index in [9.17, 15) is 35.9 Å². The van der Waals surface area contributed by atoms with Gasteiger partial charge in [0.15, 0.2) is 0 Å². The van der Waals surface area contributed by atoms with Crippen LogP contribution in [0.5, 0.6) is 11.5 Å². The Kier molecular flexibility index (Phi) is 9.91. The molecule has 2 aromatic carbocycles. The third kappa shape index (κ3) is 9.59. The average Bonchev–Trinajstić information content (AvgIpc) is 3.67. The quantitative estimate of drug-likeness (QED) is 0.111. The third-order valence-corrected chi connectivity index (χ3v) is 7.27. The van der Waals surface area contributed by atoms with Crippen molar-refractivity contribution < 1.29 is 45.0 Å². The van der Waals surface area contributed by atoms with Gasteiger partial charge in [-0.05, 0) is 86.6 Å². The fourth-order valence-electron chi connectivity index (χ4n) is 4.84. The first-order chi connectivity index (χ1) is 22.2. The topological polar surface area (TPSA) is 98.2 Å². The van der Waals surface area contributed by atoms with E-state index in [1.54, 1.807) is 16.9 Å². The predicted octanol–water partition coefficient (Wildman–Crippen LogP) is 8.11. The Morgan fingerprint density at radius 1 is 0.936 bits per heavy atom. The Hall–Kier alpha value is -4.82. The number of carbonyl (C=O) groups excluding carboxylic acids is 1. The van der Waals surface area contributed by atoms with Crippen LogP contribution in [0.3, 0.4) is 0 Å². The number of hydrogen-bond donors (Lipinski definition) is 2. The van der Waals surface area contributed by atoms with Crippen molar-refractivity contribution in [3.8, 4) is 34.0 Å². The van der Waals surface area contributed by atoms with Gasteiger partial charge in [-0.3, -0.25) is 14.3 Å². The molecule has 1 aliphatic rings. The van der Waals surface area contributed by atoms with E-state index in [1.165, 1.54) is 30.3 Å². The van der Waals surface area contributed by atoms with Gasteiger partial charge in [0.05, 0.1) is 18.0 Å². The fraction of sp³-hybridized carbons (Fsp3) is 0.344. The number of hydrogen-bond acceptors (Lipinski definition) is 5. The van der Waals surface area contributed by atoms with Gasteiger partial charge < -0.3 is 19.8 Å². The molecule has 15 heteroatoms. The third-order valence-electron chi connectivity index (χ3n) is 7.27. The summed E-state index contributed by atoms with van der Waals surface area (Å²) in [6.07, 6.45) is -5.58. The van der Waals surface area contributed by atoms with Crippen molar-refractivity contribution in [1.29, 1.82) is 0 Å². The van der Waals surface area contributed by atoms with Crippen LogP contribution in [0.15, 0.2) is 65.6 Å². The summed E-state index contributed by atoms with van der Waals surface area (Å²) in [5.74, 6) is -1.53. The number of carbonyl (C=O) groups is 1. The first kappa shape index (κ1) is 33.5. The second-order valence-corrected chi connectivity index (χ2v) is 11.1. The highest BCUT2D eigenvalue weighted by molar-refractivity contribution is 6.08. The van der Waals surface area contributed by atoms with Gasteiger partial charge in [0.25, 0.3) is 11.5 Å². The summed E-state index contributed by atoms with van der Waals surface area (Å²) >= 11 is 0. The largest absolute Gasteiger partial charge is 0.573 e. The number of anilines is 1. The van der Waals surface area contributed by atoms with Gasteiger partial charge in [-0.2, -0.15) is 18.3 Å². The highest BCUT2D eigenvalue weighted by Gasteiger charge is 2.31. The second kappa shape index (κ2) is 13.9. The average molecular weight is 667 g/mol. The van der Waals surface area contributed by atoms with Crippen LogP contribution in [-0.2, 0) is 6.54 Å². The molecular weight excluding hydrogens is 637 g/mol. The number of ether oxygens (including phenoxy) is 2. The maximum Gasteiger partial charge on any atom is 0.573 e. The van der Waals surface area contributed by atoms with Crippen LogP contribution in [0.1, 0.15) is 48.9 Å². The number of H-pyrrole nitrogens is 1. The Labute approximate surface area is 263 Å². The molecule has 8 nitrogen and oxygen atoms in total. The van der Waals surface area contributed by atoms with Crippen molar-refractivity contribution in [2.75, 3.05) is 11.9 Å². The van der Waals surface area contributed by atoms with E-state index in [0.29, 0.717) is 18.9 Å². The molecule has 1 fully saturated rings. The molecule has 1 aliphatic carbocycles. The molecule has 0 atom stereocenters. The van der Waals surface area contributed by atoms with Crippen molar-refractivity contribution in [2.45, 2.75) is 57.6 Å². The molecule has 2 aromatic heterocycles. The van der Waals surface area contributed by atoms with Gasteiger partial charge >= 0.3 is 12.5 Å². The smallest absolute Gasteiger partial charge is 0.493 e. The minimum Gasteiger partial charge on any atom is -0.493 e. The van der Waals surface area contributed by atoms with Gasteiger partial charge in [0, 0.05) is 42.0 Å². The maximum absolute atomic E-state index is 15.3. The molecular formula is C32H29F7N4O4. The number of amides is 1. The number of aromatic amines is 1. The van der Waals surface area contributed by atoms with E-state index in [4.69, 9.17) is 4.74 Å². The second-order valence-electron chi connectivity index (χ2n) is 11.1. The lowest BCUT2D eigenvalue weighted by molar-refractivity contribution is -0.274. The summed E-state index contributed by atoms with van der Waals surface area (Å²) in [5, 5.41) is 7.01. The van der Waals surface area contributed by atoms with Crippen LogP contribution in [0.4, 0.5) is 36.4 Å². The molecule has 2 heterocycles. The number of benzene rings is 2. The molecule has 0 bridgehead atoms. The zero-order valence-corrected chi connectivity index (χ0v) is 24.7. The number of nitrogens with zero attached hydrogens (tertiary/aromatic N) is 2. The van der Waals surface area contributed by atoms with Crippen molar-refractivity contribution in [3.05, 3.63) is 82.5 Å². The summed E-state index contributed by atoms with van der Waals surface area (Å²) in [7, 11) is 0. The molecule has 0 spiro atoms. The van der Waals surface area contributed by atoms with Crippen molar-refractivity contribution >= 4 is 11.6 Å². The molecule has 0 unspecified atom stereocenters. The van der Waals surface area contributed by atoms with E-state index in [0.717, 1.165) is 31.0 Å². The molecule has 0 saturated heterocycles. The zero-order valence-electron chi connectivity index (χ0n) is 24.7. The molecule has 250 valence electrons. The molecule has 1 saturated carbocycles. The van der Waals surface area contributed by atoms with Crippen LogP contribution < -0.4 is 20.3 Å².